The number of rotatable bonds is 6. The zero-order chi connectivity index (χ0) is 29.4. The van der Waals surface area contributed by atoms with Gasteiger partial charge in [0.2, 0.25) is 0 Å². The minimum Gasteiger partial charge on any atom is -0.444 e. The molecule has 0 radical (unpaired) electrons. The summed E-state index contributed by atoms with van der Waals surface area (Å²) in [7, 11) is 2.12. The van der Waals surface area contributed by atoms with Crippen molar-refractivity contribution in [3.05, 3.63) is 72.1 Å². The predicted molar refractivity (Wildman–Crippen MR) is 162 cm³/mol. The molecule has 0 bridgehead atoms. The summed E-state index contributed by atoms with van der Waals surface area (Å²) in [5.74, 6) is 1.72. The van der Waals surface area contributed by atoms with Crippen LogP contribution in [-0.2, 0) is 11.3 Å². The topological polar surface area (TPSA) is 110 Å². The smallest absolute Gasteiger partial charge is 0.410 e. The first kappa shape index (κ1) is 28.2. The fourth-order valence-corrected chi connectivity index (χ4v) is 6.10. The van der Waals surface area contributed by atoms with Crippen LogP contribution in [0, 0.1) is 0 Å². The van der Waals surface area contributed by atoms with E-state index >= 15 is 0 Å². The molecule has 2 aliphatic heterocycles. The van der Waals surface area contributed by atoms with Crippen molar-refractivity contribution in [3.63, 3.8) is 0 Å². The van der Waals surface area contributed by atoms with Gasteiger partial charge in [-0.25, -0.2) is 14.8 Å². The molecule has 0 saturated carbocycles. The molecule has 2 atom stereocenters. The number of H-pyrrole nitrogens is 2. The first-order chi connectivity index (χ1) is 20.2. The van der Waals surface area contributed by atoms with Crippen LogP contribution in [0.4, 0.5) is 4.79 Å². The number of nitrogens with one attached hydrogen (secondary N) is 2. The summed E-state index contributed by atoms with van der Waals surface area (Å²) < 4.78 is 5.62. The number of aliphatic hydroxyl groups excluding tert-OH is 1. The maximum Gasteiger partial charge on any atom is 0.410 e. The summed E-state index contributed by atoms with van der Waals surface area (Å²) in [6.45, 7) is 7.32. The van der Waals surface area contributed by atoms with Gasteiger partial charge in [-0.3, -0.25) is 9.80 Å². The van der Waals surface area contributed by atoms with Gasteiger partial charge in [0.05, 0.1) is 42.0 Å². The van der Waals surface area contributed by atoms with Crippen molar-refractivity contribution in [1.29, 1.82) is 0 Å². The SMILES string of the molecule is CN1CCC[C@H]1c1nc(-c2ccc(-c3ccc(-c4cnc([C@@H]5CCCN5C(=O)OC(C)(C)C)[nH]4)cc3)cc2)c(CO)[nH]1. The Bertz CT molecular complexity index is 1530. The van der Waals surface area contributed by atoms with Crippen molar-refractivity contribution in [2.24, 2.45) is 0 Å². The third-order valence-electron chi connectivity index (χ3n) is 8.27. The first-order valence-electron chi connectivity index (χ1n) is 14.9. The maximum atomic E-state index is 12.7. The van der Waals surface area contributed by atoms with Gasteiger partial charge in [-0.05, 0) is 76.7 Å². The lowest BCUT2D eigenvalue weighted by Gasteiger charge is -2.27. The molecule has 9 heteroatoms. The summed E-state index contributed by atoms with van der Waals surface area (Å²) in [5, 5.41) is 9.98. The Morgan fingerprint density at radius 3 is 2.14 bits per heavy atom. The number of benzene rings is 2. The van der Waals surface area contributed by atoms with E-state index in [-0.39, 0.29) is 24.8 Å². The highest BCUT2D eigenvalue weighted by Gasteiger charge is 2.35. The fourth-order valence-electron chi connectivity index (χ4n) is 6.10. The minimum atomic E-state index is -0.530. The lowest BCUT2D eigenvalue weighted by molar-refractivity contribution is 0.0218. The normalized spacial score (nSPS) is 19.5. The van der Waals surface area contributed by atoms with Gasteiger partial charge in [0.15, 0.2) is 0 Å². The van der Waals surface area contributed by atoms with Crippen LogP contribution in [0.1, 0.15) is 75.9 Å². The zero-order valence-electron chi connectivity index (χ0n) is 24.9. The van der Waals surface area contributed by atoms with Crippen molar-refractivity contribution < 1.29 is 14.6 Å². The molecule has 3 N–H and O–H groups in total. The first-order valence-corrected chi connectivity index (χ1v) is 14.9. The highest BCUT2D eigenvalue weighted by Crippen LogP contribution is 2.35. The monoisotopic (exact) mass is 568 g/mol. The van der Waals surface area contributed by atoms with Gasteiger partial charge in [0.1, 0.15) is 17.2 Å². The summed E-state index contributed by atoms with van der Waals surface area (Å²) in [6, 6.07) is 16.9. The number of likely N-dealkylation sites (tertiary alicyclic amines) is 2. The number of hydrogen-bond acceptors (Lipinski definition) is 6. The lowest BCUT2D eigenvalue weighted by atomic mass is 10.0. The lowest BCUT2D eigenvalue weighted by Crippen LogP contribution is -2.36. The van der Waals surface area contributed by atoms with Crippen LogP contribution >= 0.6 is 0 Å². The second-order valence-corrected chi connectivity index (χ2v) is 12.4. The quantitative estimate of drug-likeness (QED) is 0.246. The van der Waals surface area contributed by atoms with Gasteiger partial charge in [-0.15, -0.1) is 0 Å². The number of ether oxygens (including phenoxy) is 1. The Morgan fingerprint density at radius 1 is 0.905 bits per heavy atom. The summed E-state index contributed by atoms with van der Waals surface area (Å²) in [4.78, 5) is 33.2. The largest absolute Gasteiger partial charge is 0.444 e. The van der Waals surface area contributed by atoms with Crippen molar-refractivity contribution >= 4 is 6.09 Å². The molecule has 2 aromatic carbocycles. The van der Waals surface area contributed by atoms with Gasteiger partial charge in [-0.2, -0.15) is 0 Å². The molecule has 220 valence electrons. The van der Waals surface area contributed by atoms with E-state index in [4.69, 9.17) is 9.72 Å². The van der Waals surface area contributed by atoms with Gasteiger partial charge in [-0.1, -0.05) is 48.5 Å². The number of aromatic nitrogens is 4. The molecule has 2 aliphatic rings. The Morgan fingerprint density at radius 2 is 1.52 bits per heavy atom. The third kappa shape index (κ3) is 5.71. The predicted octanol–water partition coefficient (Wildman–Crippen LogP) is 6.46. The third-order valence-corrected chi connectivity index (χ3v) is 8.27. The highest BCUT2D eigenvalue weighted by molar-refractivity contribution is 5.72. The summed E-state index contributed by atoms with van der Waals surface area (Å²) >= 11 is 0. The van der Waals surface area contributed by atoms with E-state index in [1.54, 1.807) is 4.90 Å². The average molecular weight is 569 g/mol. The molecule has 9 nitrogen and oxygen atoms in total. The van der Waals surface area contributed by atoms with Crippen molar-refractivity contribution in [2.75, 3.05) is 20.1 Å². The van der Waals surface area contributed by atoms with E-state index in [0.29, 0.717) is 6.54 Å². The zero-order valence-corrected chi connectivity index (χ0v) is 24.9. The van der Waals surface area contributed by atoms with E-state index in [0.717, 1.165) is 83.2 Å². The Balaban J connectivity index is 1.16. The molecular formula is C33H40N6O3. The Labute approximate surface area is 247 Å². The second kappa shape index (κ2) is 11.4. The van der Waals surface area contributed by atoms with E-state index in [2.05, 4.69) is 75.4 Å². The number of aromatic amines is 2. The maximum absolute atomic E-state index is 12.7. The Kier molecular flexibility index (Phi) is 7.64. The van der Waals surface area contributed by atoms with Crippen LogP contribution < -0.4 is 0 Å². The molecule has 6 rings (SSSR count). The van der Waals surface area contributed by atoms with Crippen LogP contribution in [0.2, 0.25) is 0 Å². The number of nitrogens with zero attached hydrogens (tertiary/aromatic N) is 4. The van der Waals surface area contributed by atoms with Crippen molar-refractivity contribution in [1.82, 2.24) is 29.7 Å². The number of aliphatic hydroxyl groups is 1. The van der Waals surface area contributed by atoms with Crippen molar-refractivity contribution in [3.8, 4) is 33.6 Å². The molecule has 0 spiro atoms. The van der Waals surface area contributed by atoms with Crippen molar-refractivity contribution in [2.45, 2.75) is 70.7 Å². The van der Waals surface area contributed by atoms with E-state index in [9.17, 15) is 9.90 Å². The molecule has 2 aromatic heterocycles. The van der Waals surface area contributed by atoms with Crippen LogP contribution in [0.15, 0.2) is 54.7 Å². The minimum absolute atomic E-state index is 0.0723. The molecule has 42 heavy (non-hydrogen) atoms. The number of amides is 1. The van der Waals surface area contributed by atoms with Gasteiger partial charge >= 0.3 is 6.09 Å². The molecule has 0 aliphatic carbocycles. The molecule has 2 saturated heterocycles. The molecule has 1 amide bonds. The number of imidazole rings is 2. The molecule has 2 fully saturated rings. The summed E-state index contributed by atoms with van der Waals surface area (Å²) in [5.41, 5.74) is 6.19. The van der Waals surface area contributed by atoms with E-state index in [1.807, 2.05) is 27.0 Å². The number of carbonyl (C=O) groups excluding carboxylic acids is 1. The molecule has 4 aromatic rings. The molecular weight excluding hydrogens is 528 g/mol. The second-order valence-electron chi connectivity index (χ2n) is 12.4. The standard InChI is InChI=1S/C33H40N6O3/c1-33(2,3)42-32(41)39-18-6-8-28(39)30-34-19-25(35-30)23-13-9-21(10-14-23)22-11-15-24(16-12-22)29-26(20-40)36-31(37-29)27-7-5-17-38(27)4/h9-16,19,27-28,40H,5-8,17-18,20H2,1-4H3,(H,34,35)(H,36,37)/t27-,28-/m0/s1. The van der Waals surface area contributed by atoms with E-state index < -0.39 is 5.60 Å². The van der Waals surface area contributed by atoms with Crippen LogP contribution in [0.25, 0.3) is 33.6 Å². The number of hydrogen-bond donors (Lipinski definition) is 3. The Hall–Kier alpha value is -3.95. The van der Waals surface area contributed by atoms with Gasteiger partial charge in [0, 0.05) is 12.1 Å². The van der Waals surface area contributed by atoms with Crippen LogP contribution in [-0.4, -0.2) is 66.7 Å². The average Bonchev–Trinajstić information content (AvgIpc) is 3.78. The van der Waals surface area contributed by atoms with Crippen LogP contribution in [0.5, 0.6) is 0 Å². The molecule has 4 heterocycles. The van der Waals surface area contributed by atoms with Crippen LogP contribution in [0.3, 0.4) is 0 Å². The molecule has 0 unspecified atom stereocenters. The van der Waals surface area contributed by atoms with Gasteiger partial charge < -0.3 is 19.8 Å². The highest BCUT2D eigenvalue weighted by atomic mass is 16.6. The van der Waals surface area contributed by atoms with E-state index in [1.165, 1.54) is 0 Å². The fraction of sp³-hybridized carbons (Fsp3) is 0.424. The van der Waals surface area contributed by atoms with Gasteiger partial charge in [0.25, 0.3) is 0 Å². The summed E-state index contributed by atoms with van der Waals surface area (Å²) in [6.07, 6.45) is 5.57. The number of carbonyl (C=O) groups is 1.